The van der Waals surface area contributed by atoms with Crippen LogP contribution in [0.15, 0.2) is 24.3 Å². The lowest BCUT2D eigenvalue weighted by Gasteiger charge is -2.36. The number of nitrogens with zero attached hydrogens (tertiary/aromatic N) is 2. The van der Waals surface area contributed by atoms with E-state index in [1.807, 2.05) is 31.2 Å². The fourth-order valence-electron chi connectivity index (χ4n) is 3.15. The maximum Gasteiger partial charge on any atom is 0.308 e. The first-order valence-corrected chi connectivity index (χ1v) is 8.00. The van der Waals surface area contributed by atoms with E-state index in [9.17, 15) is 9.59 Å². The van der Waals surface area contributed by atoms with Crippen LogP contribution in [0.25, 0.3) is 11.0 Å². The van der Waals surface area contributed by atoms with Crippen molar-refractivity contribution < 1.29 is 14.7 Å². The van der Waals surface area contributed by atoms with E-state index in [-0.39, 0.29) is 11.9 Å². The van der Waals surface area contributed by atoms with Crippen LogP contribution in [0.3, 0.4) is 0 Å². The molecule has 2 aromatic rings. The number of rotatable bonds is 4. The lowest BCUT2D eigenvalue weighted by Crippen LogP contribution is -2.47. The third-order valence-electron chi connectivity index (χ3n) is 4.57. The highest BCUT2D eigenvalue weighted by atomic mass is 16.4. The van der Waals surface area contributed by atoms with E-state index in [4.69, 9.17) is 5.11 Å². The Morgan fingerprint density at radius 2 is 2.13 bits per heavy atom. The van der Waals surface area contributed by atoms with E-state index in [0.717, 1.165) is 23.3 Å². The van der Waals surface area contributed by atoms with Crippen LogP contribution >= 0.6 is 0 Å². The van der Waals surface area contributed by atoms with E-state index in [2.05, 4.69) is 9.97 Å². The van der Waals surface area contributed by atoms with Crippen LogP contribution in [0.5, 0.6) is 0 Å². The minimum atomic E-state index is -0.813. The Morgan fingerprint density at radius 3 is 2.87 bits per heavy atom. The van der Waals surface area contributed by atoms with Crippen molar-refractivity contribution in [3.05, 3.63) is 30.1 Å². The molecule has 23 heavy (non-hydrogen) atoms. The third kappa shape index (κ3) is 3.36. The van der Waals surface area contributed by atoms with Gasteiger partial charge < -0.3 is 15.0 Å². The fourth-order valence-corrected chi connectivity index (χ4v) is 3.15. The first kappa shape index (κ1) is 15.5. The van der Waals surface area contributed by atoms with Crippen LogP contribution < -0.4 is 0 Å². The number of hydrogen-bond acceptors (Lipinski definition) is 3. The number of carbonyl (C=O) groups is 2. The number of carbonyl (C=O) groups excluding carboxylic acids is 1. The molecule has 1 aromatic carbocycles. The van der Waals surface area contributed by atoms with E-state index in [1.54, 1.807) is 4.90 Å². The number of aliphatic carboxylic acids is 1. The summed E-state index contributed by atoms with van der Waals surface area (Å²) >= 11 is 0. The van der Waals surface area contributed by atoms with E-state index in [0.29, 0.717) is 25.8 Å². The number of aromatic amines is 1. The van der Waals surface area contributed by atoms with Gasteiger partial charge in [0, 0.05) is 25.4 Å². The summed E-state index contributed by atoms with van der Waals surface area (Å²) < 4.78 is 0. The number of nitrogens with one attached hydrogen (secondary N) is 1. The summed E-state index contributed by atoms with van der Waals surface area (Å²) in [5.41, 5.74) is 1.86. The molecule has 1 saturated heterocycles. The second-order valence-electron chi connectivity index (χ2n) is 6.21. The topological polar surface area (TPSA) is 86.3 Å². The summed E-state index contributed by atoms with van der Waals surface area (Å²) in [5.74, 6) is -0.462. The molecule has 1 fully saturated rings. The summed E-state index contributed by atoms with van der Waals surface area (Å²) in [7, 11) is 0. The molecule has 1 aromatic heterocycles. The van der Waals surface area contributed by atoms with Gasteiger partial charge in [-0.05, 0) is 31.9 Å². The number of imidazole rings is 1. The maximum absolute atomic E-state index is 12.5. The average Bonchev–Trinajstić information content (AvgIpc) is 2.95. The summed E-state index contributed by atoms with van der Waals surface area (Å²) in [5, 5.41) is 9.16. The highest BCUT2D eigenvalue weighted by Crippen LogP contribution is 2.23. The SMILES string of the molecule is CC1CCC(C(=O)O)CN1C(=O)CCc1nc2ccccc2[nH]1. The normalized spacial score (nSPS) is 21.5. The van der Waals surface area contributed by atoms with Crippen LogP contribution in [0.2, 0.25) is 0 Å². The minimum absolute atomic E-state index is 0.00362. The van der Waals surface area contributed by atoms with Gasteiger partial charge in [0.1, 0.15) is 5.82 Å². The molecule has 1 amide bonds. The van der Waals surface area contributed by atoms with Crippen molar-refractivity contribution >= 4 is 22.9 Å². The molecule has 1 aliphatic rings. The second kappa shape index (κ2) is 6.40. The van der Waals surface area contributed by atoms with E-state index in [1.165, 1.54) is 0 Å². The highest BCUT2D eigenvalue weighted by molar-refractivity contribution is 5.79. The maximum atomic E-state index is 12.5. The predicted molar refractivity (Wildman–Crippen MR) is 85.9 cm³/mol. The molecular formula is C17H21N3O3. The van der Waals surface area contributed by atoms with Gasteiger partial charge in [-0.1, -0.05) is 12.1 Å². The lowest BCUT2D eigenvalue weighted by molar-refractivity contribution is -0.147. The first-order valence-electron chi connectivity index (χ1n) is 8.00. The molecule has 0 bridgehead atoms. The molecule has 1 aliphatic heterocycles. The van der Waals surface area contributed by atoms with Crippen molar-refractivity contribution in [2.75, 3.05) is 6.54 Å². The van der Waals surface area contributed by atoms with Crippen molar-refractivity contribution in [3.63, 3.8) is 0 Å². The number of fused-ring (bicyclic) bond motifs is 1. The van der Waals surface area contributed by atoms with Crippen LogP contribution in [-0.4, -0.2) is 44.4 Å². The smallest absolute Gasteiger partial charge is 0.308 e. The monoisotopic (exact) mass is 315 g/mol. The molecule has 0 spiro atoms. The number of hydrogen-bond donors (Lipinski definition) is 2. The number of piperidine rings is 1. The number of aryl methyl sites for hydroxylation is 1. The van der Waals surface area contributed by atoms with Crippen molar-refractivity contribution in [2.24, 2.45) is 5.92 Å². The highest BCUT2D eigenvalue weighted by Gasteiger charge is 2.32. The Balaban J connectivity index is 1.62. The van der Waals surface area contributed by atoms with Gasteiger partial charge >= 0.3 is 5.97 Å². The number of carboxylic acids is 1. The van der Waals surface area contributed by atoms with Crippen LogP contribution in [-0.2, 0) is 16.0 Å². The molecule has 0 aliphatic carbocycles. The Kier molecular flexibility index (Phi) is 4.32. The van der Waals surface area contributed by atoms with Gasteiger partial charge in [0.2, 0.25) is 5.91 Å². The molecule has 3 rings (SSSR count). The summed E-state index contributed by atoms with van der Waals surface area (Å²) in [6.07, 6.45) is 2.27. The minimum Gasteiger partial charge on any atom is -0.481 e. The van der Waals surface area contributed by atoms with Gasteiger partial charge in [0.25, 0.3) is 0 Å². The number of benzene rings is 1. The molecular weight excluding hydrogens is 294 g/mol. The fraction of sp³-hybridized carbons (Fsp3) is 0.471. The number of amides is 1. The van der Waals surface area contributed by atoms with Crippen molar-refractivity contribution in [3.8, 4) is 0 Å². The van der Waals surface area contributed by atoms with E-state index >= 15 is 0 Å². The zero-order valence-corrected chi connectivity index (χ0v) is 13.2. The number of aromatic nitrogens is 2. The second-order valence-corrected chi connectivity index (χ2v) is 6.21. The Morgan fingerprint density at radius 1 is 1.35 bits per heavy atom. The standard InChI is InChI=1S/C17H21N3O3/c1-11-6-7-12(17(22)23)10-20(11)16(21)9-8-15-18-13-4-2-3-5-14(13)19-15/h2-5,11-12H,6-10H2,1H3,(H,18,19)(H,22,23). The molecule has 2 heterocycles. The van der Waals surface area contributed by atoms with Crippen molar-refractivity contribution in [1.29, 1.82) is 0 Å². The molecule has 0 saturated carbocycles. The molecule has 2 N–H and O–H groups in total. The van der Waals surface area contributed by atoms with Crippen molar-refractivity contribution in [1.82, 2.24) is 14.9 Å². The molecule has 2 atom stereocenters. The molecule has 122 valence electrons. The molecule has 6 heteroatoms. The third-order valence-corrected chi connectivity index (χ3v) is 4.57. The van der Waals surface area contributed by atoms with Crippen LogP contribution in [0, 0.1) is 5.92 Å². The van der Waals surface area contributed by atoms with Crippen molar-refractivity contribution in [2.45, 2.75) is 38.6 Å². The summed E-state index contributed by atoms with van der Waals surface area (Å²) in [6, 6.07) is 7.86. The quantitative estimate of drug-likeness (QED) is 0.905. The van der Waals surface area contributed by atoms with E-state index < -0.39 is 11.9 Å². The molecule has 2 unspecified atom stereocenters. The summed E-state index contributed by atoms with van der Waals surface area (Å²) in [6.45, 7) is 2.30. The summed E-state index contributed by atoms with van der Waals surface area (Å²) in [4.78, 5) is 33.0. The van der Waals surface area contributed by atoms with Gasteiger partial charge in [-0.25, -0.2) is 4.98 Å². The Hall–Kier alpha value is -2.37. The zero-order chi connectivity index (χ0) is 16.4. The Labute approximate surface area is 134 Å². The number of carboxylic acid groups (broad SMARTS) is 1. The van der Waals surface area contributed by atoms with Gasteiger partial charge in [-0.3, -0.25) is 9.59 Å². The number of H-pyrrole nitrogens is 1. The van der Waals surface area contributed by atoms with Crippen LogP contribution in [0.1, 0.15) is 32.0 Å². The number of para-hydroxylation sites is 2. The van der Waals surface area contributed by atoms with Gasteiger partial charge in [0.05, 0.1) is 17.0 Å². The average molecular weight is 315 g/mol. The predicted octanol–water partition coefficient (Wildman–Crippen LogP) is 2.21. The Bertz CT molecular complexity index is 692. The lowest BCUT2D eigenvalue weighted by atomic mass is 9.93. The van der Waals surface area contributed by atoms with Gasteiger partial charge in [0.15, 0.2) is 0 Å². The number of likely N-dealkylation sites (tertiary alicyclic amines) is 1. The van der Waals surface area contributed by atoms with Crippen LogP contribution in [0.4, 0.5) is 0 Å². The molecule has 6 nitrogen and oxygen atoms in total. The molecule has 0 radical (unpaired) electrons. The zero-order valence-electron chi connectivity index (χ0n) is 13.2. The van der Waals surface area contributed by atoms with Gasteiger partial charge in [-0.2, -0.15) is 0 Å². The van der Waals surface area contributed by atoms with Gasteiger partial charge in [-0.15, -0.1) is 0 Å². The first-order chi connectivity index (χ1) is 11.0. The largest absolute Gasteiger partial charge is 0.481 e.